The van der Waals surface area contributed by atoms with Gasteiger partial charge < -0.3 is 0 Å². The van der Waals surface area contributed by atoms with Gasteiger partial charge in [0.05, 0.1) is 0 Å². The van der Waals surface area contributed by atoms with E-state index in [-0.39, 0.29) is 0 Å². The topological polar surface area (TPSA) is 25.8 Å². The average molecular weight is 323 g/mol. The van der Waals surface area contributed by atoms with Crippen molar-refractivity contribution in [3.63, 3.8) is 0 Å². The third kappa shape index (κ3) is 10.2. The Morgan fingerprint density at radius 2 is 1.36 bits per heavy atom. The van der Waals surface area contributed by atoms with Crippen LogP contribution >= 0.6 is 11.8 Å². The van der Waals surface area contributed by atoms with E-state index in [1.165, 1.54) is 82.7 Å². The van der Waals surface area contributed by atoms with Crippen molar-refractivity contribution in [1.82, 2.24) is 9.97 Å². The van der Waals surface area contributed by atoms with Crippen molar-refractivity contribution < 1.29 is 0 Å². The third-order valence-corrected chi connectivity index (χ3v) is 4.72. The molecule has 0 bridgehead atoms. The first-order valence-electron chi connectivity index (χ1n) is 9.22. The van der Waals surface area contributed by atoms with Crippen LogP contribution in [0.5, 0.6) is 0 Å². The lowest BCUT2D eigenvalue weighted by Crippen LogP contribution is -1.94. The predicted octanol–water partition coefficient (Wildman–Crippen LogP) is 6.44. The monoisotopic (exact) mass is 322 g/mol. The smallest absolute Gasteiger partial charge is 0.187 e. The molecule has 0 atom stereocenters. The molecule has 0 saturated heterocycles. The molecule has 0 fully saturated rings. The lowest BCUT2D eigenvalue weighted by Gasteiger charge is -2.03. The molecule has 1 aromatic rings. The van der Waals surface area contributed by atoms with Crippen molar-refractivity contribution in [3.05, 3.63) is 18.0 Å². The van der Waals surface area contributed by atoms with Crippen LogP contribution in [0.3, 0.4) is 0 Å². The van der Waals surface area contributed by atoms with Gasteiger partial charge in [-0.05, 0) is 25.2 Å². The second kappa shape index (κ2) is 14.0. The van der Waals surface area contributed by atoms with Crippen LogP contribution in [-0.2, 0) is 6.42 Å². The van der Waals surface area contributed by atoms with E-state index in [1.807, 2.05) is 12.5 Å². The molecule has 0 aliphatic carbocycles. The summed E-state index contributed by atoms with van der Waals surface area (Å²) in [6, 6.07) is 2.05. The molecule has 0 unspecified atom stereocenters. The summed E-state index contributed by atoms with van der Waals surface area (Å²) in [7, 11) is 0. The van der Waals surface area contributed by atoms with Crippen molar-refractivity contribution in [2.45, 2.75) is 95.6 Å². The normalized spacial score (nSPS) is 11.0. The molecule has 126 valence electrons. The zero-order valence-corrected chi connectivity index (χ0v) is 15.5. The lowest BCUT2D eigenvalue weighted by atomic mass is 10.0. The number of hydrogen-bond acceptors (Lipinski definition) is 3. The Morgan fingerprint density at radius 3 is 1.91 bits per heavy atom. The third-order valence-electron chi connectivity index (χ3n) is 4.16. The molecule has 1 aromatic heterocycles. The highest BCUT2D eigenvalue weighted by Gasteiger charge is 1.98. The first-order valence-corrected chi connectivity index (χ1v) is 10.4. The minimum absolute atomic E-state index is 0.899. The van der Waals surface area contributed by atoms with Crippen LogP contribution in [0, 0.1) is 0 Å². The second-order valence-electron chi connectivity index (χ2n) is 6.17. The summed E-state index contributed by atoms with van der Waals surface area (Å²) < 4.78 is 0. The van der Waals surface area contributed by atoms with Gasteiger partial charge in [0.15, 0.2) is 5.16 Å². The van der Waals surface area contributed by atoms with Crippen LogP contribution in [0.15, 0.2) is 17.4 Å². The fourth-order valence-corrected chi connectivity index (χ4v) is 3.14. The molecule has 22 heavy (non-hydrogen) atoms. The molecule has 0 aliphatic heterocycles. The fourth-order valence-electron chi connectivity index (χ4n) is 2.76. The Kier molecular flexibility index (Phi) is 12.4. The molecule has 1 heterocycles. The van der Waals surface area contributed by atoms with Gasteiger partial charge in [-0.2, -0.15) is 0 Å². The van der Waals surface area contributed by atoms with Gasteiger partial charge in [-0.1, -0.05) is 89.3 Å². The summed E-state index contributed by atoms with van der Waals surface area (Å²) in [6.07, 6.45) is 21.9. The highest BCUT2D eigenvalue weighted by molar-refractivity contribution is 7.98. The predicted molar refractivity (Wildman–Crippen MR) is 98.6 cm³/mol. The maximum atomic E-state index is 4.53. The van der Waals surface area contributed by atoms with E-state index in [1.54, 1.807) is 11.8 Å². The number of unbranched alkanes of at least 4 members (excludes halogenated alkanes) is 11. The molecular formula is C19H34N2S. The van der Waals surface area contributed by atoms with Gasteiger partial charge >= 0.3 is 0 Å². The van der Waals surface area contributed by atoms with Crippen molar-refractivity contribution in [1.29, 1.82) is 0 Å². The summed E-state index contributed by atoms with van der Waals surface area (Å²) in [4.78, 5) is 8.75. The minimum Gasteiger partial charge on any atom is -0.231 e. The number of aryl methyl sites for hydroxylation is 1. The molecule has 0 radical (unpaired) electrons. The molecule has 0 amide bonds. The van der Waals surface area contributed by atoms with Gasteiger partial charge in [0.1, 0.15) is 0 Å². The Labute approximate surface area is 141 Å². The molecule has 1 rings (SSSR count). The van der Waals surface area contributed by atoms with Gasteiger partial charge in [-0.25, -0.2) is 9.97 Å². The SMILES string of the molecule is CCCCCCCCCCCCCCc1ccnc(SC)n1. The van der Waals surface area contributed by atoms with Crippen LogP contribution in [0.25, 0.3) is 0 Å². The van der Waals surface area contributed by atoms with Gasteiger partial charge in [0.25, 0.3) is 0 Å². The van der Waals surface area contributed by atoms with Gasteiger partial charge in [-0.15, -0.1) is 0 Å². The lowest BCUT2D eigenvalue weighted by molar-refractivity contribution is 0.543. The van der Waals surface area contributed by atoms with Crippen LogP contribution < -0.4 is 0 Å². The molecule has 0 spiro atoms. The number of hydrogen-bond donors (Lipinski definition) is 0. The number of rotatable bonds is 14. The number of thioether (sulfide) groups is 1. The van der Waals surface area contributed by atoms with Crippen molar-refractivity contribution in [2.75, 3.05) is 6.26 Å². The summed E-state index contributed by atoms with van der Waals surface area (Å²) in [5, 5.41) is 0.899. The quantitative estimate of drug-likeness (QED) is 0.224. The van der Waals surface area contributed by atoms with Crippen molar-refractivity contribution in [3.8, 4) is 0 Å². The van der Waals surface area contributed by atoms with Crippen molar-refractivity contribution in [2.24, 2.45) is 0 Å². The van der Waals surface area contributed by atoms with E-state index in [0.717, 1.165) is 11.6 Å². The van der Waals surface area contributed by atoms with Gasteiger partial charge in [-0.3, -0.25) is 0 Å². The Hall–Kier alpha value is -0.570. The van der Waals surface area contributed by atoms with E-state index < -0.39 is 0 Å². The average Bonchev–Trinajstić information content (AvgIpc) is 2.56. The van der Waals surface area contributed by atoms with Gasteiger partial charge in [0.2, 0.25) is 0 Å². The highest BCUT2D eigenvalue weighted by Crippen LogP contribution is 2.13. The Bertz CT molecular complexity index is 368. The molecular weight excluding hydrogens is 288 g/mol. The van der Waals surface area contributed by atoms with Crippen LogP contribution in [-0.4, -0.2) is 16.2 Å². The molecule has 3 heteroatoms. The van der Waals surface area contributed by atoms with E-state index in [0.29, 0.717) is 0 Å². The largest absolute Gasteiger partial charge is 0.231 e. The van der Waals surface area contributed by atoms with Crippen LogP contribution in [0.1, 0.15) is 89.7 Å². The zero-order chi connectivity index (χ0) is 15.9. The Morgan fingerprint density at radius 1 is 0.818 bits per heavy atom. The minimum atomic E-state index is 0.899. The molecule has 0 aliphatic rings. The number of nitrogens with zero attached hydrogens (tertiary/aromatic N) is 2. The van der Waals surface area contributed by atoms with E-state index in [4.69, 9.17) is 0 Å². The summed E-state index contributed by atoms with van der Waals surface area (Å²) in [5.41, 5.74) is 1.20. The van der Waals surface area contributed by atoms with E-state index in [9.17, 15) is 0 Å². The molecule has 0 aromatic carbocycles. The zero-order valence-electron chi connectivity index (χ0n) is 14.6. The van der Waals surface area contributed by atoms with Crippen LogP contribution in [0.4, 0.5) is 0 Å². The van der Waals surface area contributed by atoms with Crippen LogP contribution in [0.2, 0.25) is 0 Å². The molecule has 2 nitrogen and oxygen atoms in total. The highest BCUT2D eigenvalue weighted by atomic mass is 32.2. The first-order chi connectivity index (χ1) is 10.9. The van der Waals surface area contributed by atoms with Crippen molar-refractivity contribution >= 4 is 11.8 Å². The standard InChI is InChI=1S/C19H34N2S/c1-3-4-5-6-7-8-9-10-11-12-13-14-15-18-16-17-20-19(21-18)22-2/h16-17H,3-15H2,1-2H3. The second-order valence-corrected chi connectivity index (χ2v) is 6.95. The summed E-state index contributed by atoms with van der Waals surface area (Å²) in [5.74, 6) is 0. The maximum Gasteiger partial charge on any atom is 0.187 e. The summed E-state index contributed by atoms with van der Waals surface area (Å²) in [6.45, 7) is 2.28. The molecule has 0 saturated carbocycles. The van der Waals surface area contributed by atoms with E-state index in [2.05, 4.69) is 23.0 Å². The Balaban J connectivity index is 1.87. The molecule has 0 N–H and O–H groups in total. The maximum absolute atomic E-state index is 4.53. The van der Waals surface area contributed by atoms with E-state index >= 15 is 0 Å². The first kappa shape index (κ1) is 19.5. The fraction of sp³-hybridized carbons (Fsp3) is 0.789. The summed E-state index contributed by atoms with van der Waals surface area (Å²) >= 11 is 1.62. The van der Waals surface area contributed by atoms with Gasteiger partial charge in [0, 0.05) is 11.9 Å². The number of aromatic nitrogens is 2.